The molecule has 0 radical (unpaired) electrons. The van der Waals surface area contributed by atoms with Gasteiger partial charge in [0.05, 0.1) is 0 Å². The van der Waals surface area contributed by atoms with Crippen molar-refractivity contribution < 1.29 is 4.79 Å². The van der Waals surface area contributed by atoms with Gasteiger partial charge in [-0.1, -0.05) is 57.0 Å². The van der Waals surface area contributed by atoms with E-state index in [1.54, 1.807) is 4.90 Å². The first-order valence-corrected chi connectivity index (χ1v) is 7.19. The lowest BCUT2D eigenvalue weighted by Crippen LogP contribution is -2.35. The van der Waals surface area contributed by atoms with Gasteiger partial charge in [0, 0.05) is 19.5 Å². The second-order valence-electron chi connectivity index (χ2n) is 6.13. The molecule has 0 spiro atoms. The summed E-state index contributed by atoms with van der Waals surface area (Å²) in [5.74, 6) is 0.232. The van der Waals surface area contributed by atoms with Crippen LogP contribution in [0.3, 0.4) is 0 Å². The summed E-state index contributed by atoms with van der Waals surface area (Å²) < 4.78 is 0. The zero-order valence-corrected chi connectivity index (χ0v) is 12.8. The molecule has 0 aromatic heterocycles. The first-order valence-electron chi connectivity index (χ1n) is 7.19. The molecular weight excluding hydrogens is 234 g/mol. The third-order valence-electron chi connectivity index (χ3n) is 3.60. The highest BCUT2D eigenvalue weighted by molar-refractivity contribution is 5.81. The zero-order valence-electron chi connectivity index (χ0n) is 12.8. The van der Waals surface area contributed by atoms with Crippen molar-refractivity contribution in [2.45, 2.75) is 46.0 Å². The van der Waals surface area contributed by atoms with Crippen LogP contribution in [0.1, 0.15) is 45.1 Å². The number of nitrogens with zero attached hydrogens (tertiary/aromatic N) is 1. The Morgan fingerprint density at radius 1 is 1.05 bits per heavy atom. The Hall–Kier alpha value is -1.31. The number of aryl methyl sites for hydroxylation is 1. The Morgan fingerprint density at radius 3 is 2.26 bits per heavy atom. The largest absolute Gasteiger partial charge is 0.348 e. The van der Waals surface area contributed by atoms with Gasteiger partial charge < -0.3 is 4.90 Å². The molecule has 0 bridgehead atoms. The van der Waals surface area contributed by atoms with E-state index < -0.39 is 0 Å². The fourth-order valence-corrected chi connectivity index (χ4v) is 2.43. The minimum Gasteiger partial charge on any atom is -0.348 e. The van der Waals surface area contributed by atoms with Crippen molar-refractivity contribution in [3.63, 3.8) is 0 Å². The molecule has 0 unspecified atom stereocenters. The number of benzene rings is 1. The van der Waals surface area contributed by atoms with Crippen LogP contribution in [0.4, 0.5) is 0 Å². The molecule has 0 aliphatic rings. The van der Waals surface area contributed by atoms with Crippen molar-refractivity contribution in [1.82, 2.24) is 4.90 Å². The number of carbonyl (C=O) groups excluding carboxylic acids is 1. The molecule has 0 atom stereocenters. The number of hydrogen-bond acceptors (Lipinski definition) is 1. The topological polar surface area (TPSA) is 20.3 Å². The maximum Gasteiger partial charge on any atom is 0.227 e. The molecule has 106 valence electrons. The Kier molecular flexibility index (Phi) is 6.07. The van der Waals surface area contributed by atoms with Gasteiger partial charge in [-0.05, 0) is 24.8 Å². The molecule has 1 aromatic rings. The summed E-state index contributed by atoms with van der Waals surface area (Å²) >= 11 is 0. The summed E-state index contributed by atoms with van der Waals surface area (Å²) in [6.45, 7) is 4.10. The summed E-state index contributed by atoms with van der Waals surface area (Å²) in [6, 6.07) is 10.6. The van der Waals surface area contributed by atoms with Gasteiger partial charge in [-0.3, -0.25) is 4.79 Å². The predicted octanol–water partition coefficient (Wildman–Crippen LogP) is 3.90. The minimum atomic E-state index is -0.226. The Balaban J connectivity index is 2.22. The van der Waals surface area contributed by atoms with Gasteiger partial charge in [0.25, 0.3) is 0 Å². The molecule has 0 N–H and O–H groups in total. The molecule has 1 aromatic carbocycles. The average Bonchev–Trinajstić information content (AvgIpc) is 2.38. The van der Waals surface area contributed by atoms with E-state index in [-0.39, 0.29) is 11.3 Å². The number of carbonyl (C=O) groups is 1. The highest BCUT2D eigenvalue weighted by Gasteiger charge is 2.28. The van der Waals surface area contributed by atoms with Crippen molar-refractivity contribution in [2.24, 2.45) is 5.41 Å². The van der Waals surface area contributed by atoms with Crippen LogP contribution >= 0.6 is 0 Å². The van der Waals surface area contributed by atoms with Crippen LogP contribution in [-0.2, 0) is 11.2 Å². The van der Waals surface area contributed by atoms with E-state index >= 15 is 0 Å². The molecule has 1 amide bonds. The van der Waals surface area contributed by atoms with Gasteiger partial charge in [-0.25, -0.2) is 0 Å². The molecule has 0 aliphatic heterocycles. The van der Waals surface area contributed by atoms with Gasteiger partial charge in [0.15, 0.2) is 0 Å². The van der Waals surface area contributed by atoms with E-state index in [1.807, 2.05) is 27.9 Å². The van der Waals surface area contributed by atoms with Crippen LogP contribution in [0.5, 0.6) is 0 Å². The molecule has 2 heteroatoms. The summed E-state index contributed by atoms with van der Waals surface area (Å²) in [6.07, 6.45) is 5.64. The lowest BCUT2D eigenvalue weighted by molar-refractivity contribution is -0.138. The van der Waals surface area contributed by atoms with Crippen LogP contribution in [0.25, 0.3) is 0 Å². The Bertz CT molecular complexity index is 382. The lowest BCUT2D eigenvalue weighted by Gasteiger charge is -2.27. The molecule has 0 saturated heterocycles. The van der Waals surface area contributed by atoms with Crippen LogP contribution in [0, 0.1) is 5.41 Å². The normalized spacial score (nSPS) is 11.4. The number of amides is 1. The van der Waals surface area contributed by atoms with Gasteiger partial charge in [-0.2, -0.15) is 0 Å². The monoisotopic (exact) mass is 261 g/mol. The maximum atomic E-state index is 12.0. The van der Waals surface area contributed by atoms with Crippen LogP contribution in [0.15, 0.2) is 30.3 Å². The summed E-state index contributed by atoms with van der Waals surface area (Å²) in [5.41, 5.74) is 1.18. The van der Waals surface area contributed by atoms with Crippen molar-refractivity contribution in [3.8, 4) is 0 Å². The van der Waals surface area contributed by atoms with Gasteiger partial charge in [0.2, 0.25) is 5.91 Å². The molecule has 2 nitrogen and oxygen atoms in total. The summed E-state index contributed by atoms with van der Waals surface area (Å²) in [7, 11) is 3.67. The minimum absolute atomic E-state index is 0.226. The number of unbranched alkanes of at least 4 members (excludes halogenated alkanes) is 2. The first kappa shape index (κ1) is 15.7. The van der Waals surface area contributed by atoms with E-state index in [9.17, 15) is 4.79 Å². The molecule has 0 fully saturated rings. The second-order valence-corrected chi connectivity index (χ2v) is 6.13. The van der Waals surface area contributed by atoms with E-state index in [2.05, 4.69) is 30.3 Å². The summed E-state index contributed by atoms with van der Waals surface area (Å²) in [5, 5.41) is 0. The number of rotatable bonds is 7. The van der Waals surface area contributed by atoms with Crippen LogP contribution in [-0.4, -0.2) is 24.9 Å². The SMILES string of the molecule is CN(C)C(=O)C(C)(C)CCCCCc1ccccc1. The van der Waals surface area contributed by atoms with Gasteiger partial charge >= 0.3 is 0 Å². The lowest BCUT2D eigenvalue weighted by atomic mass is 9.85. The number of hydrogen-bond donors (Lipinski definition) is 0. The third kappa shape index (κ3) is 5.46. The highest BCUT2D eigenvalue weighted by atomic mass is 16.2. The third-order valence-corrected chi connectivity index (χ3v) is 3.60. The van der Waals surface area contributed by atoms with Gasteiger partial charge in [-0.15, -0.1) is 0 Å². The second kappa shape index (κ2) is 7.32. The van der Waals surface area contributed by atoms with Crippen LogP contribution in [0.2, 0.25) is 0 Å². The van der Waals surface area contributed by atoms with E-state index in [0.29, 0.717) is 0 Å². The highest BCUT2D eigenvalue weighted by Crippen LogP contribution is 2.25. The molecule has 0 aliphatic carbocycles. The molecule has 0 heterocycles. The standard InChI is InChI=1S/C17H27NO/c1-17(2,16(19)18(3)4)14-10-6-9-13-15-11-7-5-8-12-15/h5,7-8,11-12H,6,9-10,13-14H2,1-4H3. The Morgan fingerprint density at radius 2 is 1.68 bits per heavy atom. The Labute approximate surface area is 117 Å². The maximum absolute atomic E-state index is 12.0. The van der Waals surface area contributed by atoms with E-state index in [1.165, 1.54) is 18.4 Å². The molecule has 0 saturated carbocycles. The molecule has 1 rings (SSSR count). The quantitative estimate of drug-likeness (QED) is 0.682. The molecular formula is C17H27NO. The van der Waals surface area contributed by atoms with Crippen LogP contribution < -0.4 is 0 Å². The van der Waals surface area contributed by atoms with Crippen molar-refractivity contribution >= 4 is 5.91 Å². The fraction of sp³-hybridized carbons (Fsp3) is 0.588. The predicted molar refractivity (Wildman–Crippen MR) is 81.1 cm³/mol. The van der Waals surface area contributed by atoms with E-state index in [4.69, 9.17) is 0 Å². The molecule has 19 heavy (non-hydrogen) atoms. The fourth-order valence-electron chi connectivity index (χ4n) is 2.43. The zero-order chi connectivity index (χ0) is 14.3. The van der Waals surface area contributed by atoms with Crippen molar-refractivity contribution in [3.05, 3.63) is 35.9 Å². The average molecular weight is 261 g/mol. The van der Waals surface area contributed by atoms with Gasteiger partial charge in [0.1, 0.15) is 0 Å². The first-order chi connectivity index (χ1) is 8.93. The summed E-state index contributed by atoms with van der Waals surface area (Å²) in [4.78, 5) is 13.7. The smallest absolute Gasteiger partial charge is 0.227 e. The van der Waals surface area contributed by atoms with E-state index in [0.717, 1.165) is 19.3 Å². The van der Waals surface area contributed by atoms with Crippen molar-refractivity contribution in [2.75, 3.05) is 14.1 Å². The van der Waals surface area contributed by atoms with Crippen molar-refractivity contribution in [1.29, 1.82) is 0 Å².